The van der Waals surface area contributed by atoms with E-state index in [1.54, 1.807) is 35.0 Å². The first-order valence-electron chi connectivity index (χ1n) is 11.1. The van der Waals surface area contributed by atoms with Gasteiger partial charge in [0.15, 0.2) is 0 Å². The Morgan fingerprint density at radius 2 is 1.91 bits per heavy atom. The molecule has 174 valence electrons. The molecule has 5 amide bonds. The average Bonchev–Trinajstić information content (AvgIpc) is 3.23. The zero-order chi connectivity index (χ0) is 23.8. The fourth-order valence-electron chi connectivity index (χ4n) is 4.63. The highest BCUT2D eigenvalue weighted by Gasteiger charge is 2.55. The Hall–Kier alpha value is -3.69. The van der Waals surface area contributed by atoms with Gasteiger partial charge in [0.05, 0.1) is 11.4 Å². The number of hydrogen-bond acceptors (Lipinski definition) is 5. The second kappa shape index (κ2) is 8.68. The summed E-state index contributed by atoms with van der Waals surface area (Å²) in [6.45, 7) is 4.88. The molecule has 1 aliphatic carbocycles. The van der Waals surface area contributed by atoms with Crippen molar-refractivity contribution in [1.29, 1.82) is 0 Å². The number of urea groups is 1. The maximum absolute atomic E-state index is 13.0. The highest BCUT2D eigenvalue weighted by molar-refractivity contribution is 6.10. The number of benzene rings is 1. The van der Waals surface area contributed by atoms with Gasteiger partial charge >= 0.3 is 6.03 Å². The fourth-order valence-corrected chi connectivity index (χ4v) is 4.63. The van der Waals surface area contributed by atoms with Gasteiger partial charge in [0, 0.05) is 18.7 Å². The van der Waals surface area contributed by atoms with Crippen LogP contribution in [0.5, 0.6) is 0 Å². The first-order valence-corrected chi connectivity index (χ1v) is 11.1. The molecule has 1 aromatic heterocycles. The predicted molar refractivity (Wildman–Crippen MR) is 122 cm³/mol. The molecule has 0 bridgehead atoms. The third-order valence-corrected chi connectivity index (χ3v) is 6.33. The van der Waals surface area contributed by atoms with E-state index in [0.717, 1.165) is 29.9 Å². The Morgan fingerprint density at radius 3 is 2.58 bits per heavy atom. The molecule has 2 heterocycles. The number of hydrogen-bond donors (Lipinski definition) is 3. The second-order valence-corrected chi connectivity index (χ2v) is 8.80. The van der Waals surface area contributed by atoms with Crippen molar-refractivity contribution in [1.82, 2.24) is 20.0 Å². The predicted octanol–water partition coefficient (Wildman–Crippen LogP) is 2.58. The monoisotopic (exact) mass is 452 g/mol. The number of anilines is 2. The van der Waals surface area contributed by atoms with Crippen LogP contribution in [0.4, 0.5) is 16.3 Å². The van der Waals surface area contributed by atoms with Crippen LogP contribution in [0, 0.1) is 12.8 Å². The largest absolute Gasteiger partial charge is 0.325 e. The lowest BCUT2D eigenvalue weighted by atomic mass is 9.73. The second-order valence-electron chi connectivity index (χ2n) is 8.80. The summed E-state index contributed by atoms with van der Waals surface area (Å²) >= 11 is 0. The smallest absolute Gasteiger partial charge is 0.325 e. The van der Waals surface area contributed by atoms with E-state index in [1.807, 2.05) is 13.8 Å². The number of carbonyl (C=O) groups is 4. The summed E-state index contributed by atoms with van der Waals surface area (Å²) < 4.78 is 1.60. The molecule has 1 spiro atoms. The van der Waals surface area contributed by atoms with Gasteiger partial charge in [-0.05, 0) is 49.9 Å². The van der Waals surface area contributed by atoms with Gasteiger partial charge in [0.25, 0.3) is 5.91 Å². The van der Waals surface area contributed by atoms with E-state index in [0.29, 0.717) is 23.6 Å². The molecule has 1 aromatic carbocycles. The van der Waals surface area contributed by atoms with E-state index in [2.05, 4.69) is 21.0 Å². The van der Waals surface area contributed by atoms with Crippen molar-refractivity contribution in [3.05, 3.63) is 36.0 Å². The minimum Gasteiger partial charge on any atom is -0.325 e. The summed E-state index contributed by atoms with van der Waals surface area (Å²) in [5.41, 5.74) is 1.08. The standard InChI is InChI=1S/C23H28N6O4/c1-14-6-4-5-11-23(14)21(32)28(22(33)26-23)13-20(31)25-17-7-9-18(10-8-17)29-19(24-16(3)30)12-15(2)27-29/h7-10,12,14H,4-6,11,13H2,1-3H3,(H,24,30)(H,25,31)(H,26,33)/t14-,23+/m1/s1. The van der Waals surface area contributed by atoms with E-state index in [1.165, 1.54) is 6.92 Å². The Kier molecular flexibility index (Phi) is 5.92. The van der Waals surface area contributed by atoms with Gasteiger partial charge in [-0.2, -0.15) is 5.10 Å². The third kappa shape index (κ3) is 4.33. The van der Waals surface area contributed by atoms with Crippen molar-refractivity contribution in [3.63, 3.8) is 0 Å². The first kappa shape index (κ1) is 22.5. The lowest BCUT2D eigenvalue weighted by Crippen LogP contribution is -2.54. The minimum atomic E-state index is -0.884. The van der Waals surface area contributed by atoms with Crippen molar-refractivity contribution in [2.75, 3.05) is 17.2 Å². The fraction of sp³-hybridized carbons (Fsp3) is 0.435. The minimum absolute atomic E-state index is 0.0385. The molecule has 4 rings (SSSR count). The normalized spacial score (nSPS) is 22.4. The molecule has 2 aromatic rings. The quantitative estimate of drug-likeness (QED) is 0.601. The Bertz CT molecular complexity index is 1110. The summed E-state index contributed by atoms with van der Waals surface area (Å²) in [4.78, 5) is 50.5. The van der Waals surface area contributed by atoms with Crippen molar-refractivity contribution >= 4 is 35.3 Å². The van der Waals surface area contributed by atoms with Crippen LogP contribution in [0.1, 0.15) is 45.2 Å². The highest BCUT2D eigenvalue weighted by Crippen LogP contribution is 2.38. The molecule has 2 atom stereocenters. The molecule has 33 heavy (non-hydrogen) atoms. The molecular weight excluding hydrogens is 424 g/mol. The molecule has 3 N–H and O–H groups in total. The van der Waals surface area contributed by atoms with E-state index in [4.69, 9.17) is 0 Å². The number of carbonyl (C=O) groups excluding carboxylic acids is 4. The van der Waals surface area contributed by atoms with Crippen molar-refractivity contribution in [3.8, 4) is 5.69 Å². The highest BCUT2D eigenvalue weighted by atomic mass is 16.2. The van der Waals surface area contributed by atoms with Crippen LogP contribution in [0.2, 0.25) is 0 Å². The van der Waals surface area contributed by atoms with Gasteiger partial charge in [-0.15, -0.1) is 0 Å². The summed E-state index contributed by atoms with van der Waals surface area (Å²) in [6.07, 6.45) is 3.39. The average molecular weight is 453 g/mol. The maximum Gasteiger partial charge on any atom is 0.325 e. The number of nitrogens with zero attached hydrogens (tertiary/aromatic N) is 3. The lowest BCUT2D eigenvalue weighted by Gasteiger charge is -2.36. The first-order chi connectivity index (χ1) is 15.7. The summed E-state index contributed by atoms with van der Waals surface area (Å²) in [7, 11) is 0. The number of aryl methyl sites for hydroxylation is 1. The Morgan fingerprint density at radius 1 is 1.18 bits per heavy atom. The molecule has 2 aliphatic rings. The molecule has 0 unspecified atom stereocenters. The van der Waals surface area contributed by atoms with Crippen LogP contribution in [-0.4, -0.2) is 50.5 Å². The lowest BCUT2D eigenvalue weighted by molar-refractivity contribution is -0.136. The van der Waals surface area contributed by atoms with Crippen LogP contribution in [-0.2, 0) is 14.4 Å². The van der Waals surface area contributed by atoms with Crippen LogP contribution in [0.15, 0.2) is 30.3 Å². The van der Waals surface area contributed by atoms with Gasteiger partial charge in [-0.1, -0.05) is 19.8 Å². The van der Waals surface area contributed by atoms with Gasteiger partial charge in [-0.3, -0.25) is 19.3 Å². The number of amides is 5. The molecule has 1 saturated heterocycles. The van der Waals surface area contributed by atoms with E-state index >= 15 is 0 Å². The Labute approximate surface area is 191 Å². The molecule has 10 nitrogen and oxygen atoms in total. The van der Waals surface area contributed by atoms with Crippen molar-refractivity contribution < 1.29 is 19.2 Å². The third-order valence-electron chi connectivity index (χ3n) is 6.33. The number of rotatable bonds is 5. The zero-order valence-electron chi connectivity index (χ0n) is 19.0. The topological polar surface area (TPSA) is 125 Å². The Balaban J connectivity index is 1.42. The molecule has 1 saturated carbocycles. The summed E-state index contributed by atoms with van der Waals surface area (Å²) in [6, 6.07) is 8.13. The zero-order valence-corrected chi connectivity index (χ0v) is 19.0. The van der Waals surface area contributed by atoms with Crippen LogP contribution >= 0.6 is 0 Å². The van der Waals surface area contributed by atoms with Crippen LogP contribution < -0.4 is 16.0 Å². The number of aromatic nitrogens is 2. The summed E-state index contributed by atoms with van der Waals surface area (Å²) in [5.74, 6) is -0.395. The number of imide groups is 1. The van der Waals surface area contributed by atoms with E-state index in [9.17, 15) is 19.2 Å². The molecule has 0 radical (unpaired) electrons. The number of nitrogens with one attached hydrogen (secondary N) is 3. The van der Waals surface area contributed by atoms with Crippen LogP contribution in [0.3, 0.4) is 0 Å². The van der Waals surface area contributed by atoms with Gasteiger partial charge < -0.3 is 16.0 Å². The van der Waals surface area contributed by atoms with Crippen LogP contribution in [0.25, 0.3) is 5.69 Å². The van der Waals surface area contributed by atoms with E-state index < -0.39 is 17.5 Å². The van der Waals surface area contributed by atoms with Gasteiger partial charge in [0.1, 0.15) is 17.9 Å². The van der Waals surface area contributed by atoms with Crippen molar-refractivity contribution in [2.24, 2.45) is 5.92 Å². The molecule has 1 aliphatic heterocycles. The van der Waals surface area contributed by atoms with Gasteiger partial charge in [-0.25, -0.2) is 9.48 Å². The molecule has 2 fully saturated rings. The maximum atomic E-state index is 13.0. The SMILES string of the molecule is CC(=O)Nc1cc(C)nn1-c1ccc(NC(=O)CN2C(=O)N[C@]3(CCCC[C@H]3C)C2=O)cc1. The molecule has 10 heteroatoms. The van der Waals surface area contributed by atoms with E-state index in [-0.39, 0.29) is 24.3 Å². The van der Waals surface area contributed by atoms with Gasteiger partial charge in [0.2, 0.25) is 11.8 Å². The van der Waals surface area contributed by atoms with Crippen molar-refractivity contribution in [2.45, 2.75) is 52.0 Å². The summed E-state index contributed by atoms with van der Waals surface area (Å²) in [5, 5.41) is 12.7. The molecular formula is C23H28N6O4.